The third-order valence-corrected chi connectivity index (χ3v) is 3.50. The molecule has 3 nitrogen and oxygen atoms in total. The standard InChI is InChI=1S/C10H6ClF3N2OS/c11-5-2-1-3-15-7(5)8(17)6-4-16-9(18-6)10(12,13)14/h1-4,8,17H. The van der Waals surface area contributed by atoms with Crippen molar-refractivity contribution in [1.82, 2.24) is 9.97 Å². The van der Waals surface area contributed by atoms with Crippen molar-refractivity contribution in [2.75, 3.05) is 0 Å². The van der Waals surface area contributed by atoms with Crippen LogP contribution in [0.15, 0.2) is 24.5 Å². The van der Waals surface area contributed by atoms with Gasteiger partial charge in [0.15, 0.2) is 5.01 Å². The summed E-state index contributed by atoms with van der Waals surface area (Å²) in [5.74, 6) is 0. The zero-order valence-corrected chi connectivity index (χ0v) is 10.2. The molecule has 18 heavy (non-hydrogen) atoms. The fourth-order valence-electron chi connectivity index (χ4n) is 1.28. The Morgan fingerprint density at radius 2 is 2.06 bits per heavy atom. The molecule has 1 unspecified atom stereocenters. The molecule has 0 saturated heterocycles. The quantitative estimate of drug-likeness (QED) is 0.924. The summed E-state index contributed by atoms with van der Waals surface area (Å²) in [6.45, 7) is 0. The molecule has 1 N–H and O–H groups in total. The highest BCUT2D eigenvalue weighted by Gasteiger charge is 2.35. The van der Waals surface area contributed by atoms with E-state index in [1.807, 2.05) is 0 Å². The molecule has 2 aromatic heterocycles. The van der Waals surface area contributed by atoms with Crippen molar-refractivity contribution in [3.8, 4) is 0 Å². The molecule has 1 atom stereocenters. The smallest absolute Gasteiger partial charge is 0.381 e. The summed E-state index contributed by atoms with van der Waals surface area (Å²) in [4.78, 5) is 7.11. The number of hydrogen-bond acceptors (Lipinski definition) is 4. The highest BCUT2D eigenvalue weighted by Crippen LogP contribution is 2.36. The van der Waals surface area contributed by atoms with Gasteiger partial charge in [0.2, 0.25) is 0 Å². The summed E-state index contributed by atoms with van der Waals surface area (Å²) < 4.78 is 37.1. The van der Waals surface area contributed by atoms with Crippen molar-refractivity contribution in [2.24, 2.45) is 0 Å². The summed E-state index contributed by atoms with van der Waals surface area (Å²) >= 11 is 6.17. The molecule has 0 aromatic carbocycles. The van der Waals surface area contributed by atoms with Crippen molar-refractivity contribution in [2.45, 2.75) is 12.3 Å². The molecule has 8 heteroatoms. The van der Waals surface area contributed by atoms with Crippen LogP contribution in [0, 0.1) is 0 Å². The van der Waals surface area contributed by atoms with Crippen molar-refractivity contribution < 1.29 is 18.3 Å². The summed E-state index contributed by atoms with van der Waals surface area (Å²) in [5.41, 5.74) is 0.108. The van der Waals surface area contributed by atoms with Gasteiger partial charge in [-0.1, -0.05) is 11.6 Å². The third kappa shape index (κ3) is 2.63. The molecule has 0 fully saturated rings. The van der Waals surface area contributed by atoms with Gasteiger partial charge in [-0.25, -0.2) is 4.98 Å². The highest BCUT2D eigenvalue weighted by molar-refractivity contribution is 7.11. The SMILES string of the molecule is OC(c1cnc(C(F)(F)F)s1)c1ncccc1Cl. The Bertz CT molecular complexity index is 558. The number of pyridine rings is 1. The van der Waals surface area contributed by atoms with Crippen LogP contribution in [0.2, 0.25) is 5.02 Å². The van der Waals surface area contributed by atoms with E-state index < -0.39 is 17.3 Å². The van der Waals surface area contributed by atoms with Crippen LogP contribution in [0.3, 0.4) is 0 Å². The van der Waals surface area contributed by atoms with Crippen LogP contribution < -0.4 is 0 Å². The Labute approximate surface area is 109 Å². The number of rotatable bonds is 2. The van der Waals surface area contributed by atoms with E-state index in [0.717, 1.165) is 6.20 Å². The summed E-state index contributed by atoms with van der Waals surface area (Å²) in [6, 6.07) is 3.06. The van der Waals surface area contributed by atoms with Crippen LogP contribution in [-0.4, -0.2) is 15.1 Å². The Balaban J connectivity index is 2.33. The molecular weight excluding hydrogens is 289 g/mol. The minimum absolute atomic E-state index is 0.0444. The minimum Gasteiger partial charge on any atom is -0.381 e. The van der Waals surface area contributed by atoms with Crippen LogP contribution >= 0.6 is 22.9 Å². The van der Waals surface area contributed by atoms with Gasteiger partial charge < -0.3 is 5.11 Å². The first kappa shape index (κ1) is 13.3. The Morgan fingerprint density at radius 3 is 2.61 bits per heavy atom. The number of alkyl halides is 3. The molecule has 0 aliphatic carbocycles. The minimum atomic E-state index is -4.52. The first-order valence-electron chi connectivity index (χ1n) is 4.71. The van der Waals surface area contributed by atoms with Crippen LogP contribution in [-0.2, 0) is 6.18 Å². The molecule has 0 spiro atoms. The average Bonchev–Trinajstić information content (AvgIpc) is 2.77. The highest BCUT2D eigenvalue weighted by atomic mass is 35.5. The van der Waals surface area contributed by atoms with Gasteiger partial charge in [-0.3, -0.25) is 4.98 Å². The number of hydrogen-bond donors (Lipinski definition) is 1. The lowest BCUT2D eigenvalue weighted by Crippen LogP contribution is -2.03. The molecule has 2 heterocycles. The first-order valence-corrected chi connectivity index (χ1v) is 5.90. The average molecular weight is 295 g/mol. The third-order valence-electron chi connectivity index (χ3n) is 2.08. The van der Waals surface area contributed by atoms with Crippen molar-refractivity contribution in [3.05, 3.63) is 45.1 Å². The number of aliphatic hydroxyl groups excluding tert-OH is 1. The molecule has 0 bridgehead atoms. The number of thiazole rings is 1. The Kier molecular flexibility index (Phi) is 3.56. The summed E-state index contributed by atoms with van der Waals surface area (Å²) in [7, 11) is 0. The zero-order valence-electron chi connectivity index (χ0n) is 8.65. The van der Waals surface area contributed by atoms with E-state index in [4.69, 9.17) is 11.6 Å². The monoisotopic (exact) mass is 294 g/mol. The molecule has 0 saturated carbocycles. The van der Waals surface area contributed by atoms with Crippen LogP contribution in [0.5, 0.6) is 0 Å². The maximum atomic E-state index is 12.4. The Morgan fingerprint density at radius 1 is 1.33 bits per heavy atom. The molecule has 2 aromatic rings. The first-order chi connectivity index (χ1) is 8.39. The predicted molar refractivity (Wildman–Crippen MR) is 60.4 cm³/mol. The van der Waals surface area contributed by atoms with Gasteiger partial charge in [0.1, 0.15) is 6.10 Å². The van der Waals surface area contributed by atoms with Crippen molar-refractivity contribution in [1.29, 1.82) is 0 Å². The number of halogens is 4. The van der Waals surface area contributed by atoms with Crippen molar-refractivity contribution in [3.63, 3.8) is 0 Å². The normalized spacial score (nSPS) is 13.6. The molecule has 0 aliphatic heterocycles. The second-order valence-electron chi connectivity index (χ2n) is 3.34. The summed E-state index contributed by atoms with van der Waals surface area (Å²) in [5, 5.41) is 9.08. The topological polar surface area (TPSA) is 46.0 Å². The van der Waals surface area contributed by atoms with Gasteiger partial charge in [0.05, 0.1) is 15.6 Å². The van der Waals surface area contributed by atoms with E-state index in [2.05, 4.69) is 9.97 Å². The van der Waals surface area contributed by atoms with Gasteiger partial charge in [0.25, 0.3) is 0 Å². The predicted octanol–water partition coefficient (Wildman–Crippen LogP) is 3.29. The van der Waals surface area contributed by atoms with E-state index >= 15 is 0 Å². The van der Waals surface area contributed by atoms with E-state index in [9.17, 15) is 18.3 Å². The van der Waals surface area contributed by atoms with E-state index in [1.165, 1.54) is 12.3 Å². The van der Waals surface area contributed by atoms with Gasteiger partial charge >= 0.3 is 6.18 Å². The number of aromatic nitrogens is 2. The molecule has 96 valence electrons. The molecule has 0 aliphatic rings. The second kappa shape index (κ2) is 4.83. The lowest BCUT2D eigenvalue weighted by Gasteiger charge is -2.08. The molecule has 0 amide bonds. The number of aliphatic hydroxyl groups is 1. The lowest BCUT2D eigenvalue weighted by atomic mass is 10.2. The van der Waals surface area contributed by atoms with Crippen LogP contribution in [0.1, 0.15) is 21.7 Å². The molecule has 2 rings (SSSR count). The zero-order chi connectivity index (χ0) is 13.3. The van der Waals surface area contributed by atoms with Crippen LogP contribution in [0.25, 0.3) is 0 Å². The van der Waals surface area contributed by atoms with E-state index in [0.29, 0.717) is 11.3 Å². The van der Waals surface area contributed by atoms with Gasteiger partial charge in [-0.15, -0.1) is 11.3 Å². The molecule has 0 radical (unpaired) electrons. The Hall–Kier alpha value is -1.18. The van der Waals surface area contributed by atoms with Crippen molar-refractivity contribution >= 4 is 22.9 Å². The van der Waals surface area contributed by atoms with Gasteiger partial charge in [-0.2, -0.15) is 13.2 Å². The summed E-state index contributed by atoms with van der Waals surface area (Å²) in [6.07, 6.45) is -3.46. The fourth-order valence-corrected chi connectivity index (χ4v) is 2.28. The van der Waals surface area contributed by atoms with E-state index in [1.54, 1.807) is 6.07 Å². The van der Waals surface area contributed by atoms with Gasteiger partial charge in [0, 0.05) is 12.4 Å². The van der Waals surface area contributed by atoms with E-state index in [-0.39, 0.29) is 15.6 Å². The molecular formula is C10H6ClF3N2OS. The van der Waals surface area contributed by atoms with Gasteiger partial charge in [-0.05, 0) is 12.1 Å². The number of nitrogens with zero attached hydrogens (tertiary/aromatic N) is 2. The fraction of sp³-hybridized carbons (Fsp3) is 0.200. The second-order valence-corrected chi connectivity index (χ2v) is 4.81. The van der Waals surface area contributed by atoms with Crippen LogP contribution in [0.4, 0.5) is 13.2 Å². The lowest BCUT2D eigenvalue weighted by molar-refractivity contribution is -0.137. The largest absolute Gasteiger partial charge is 0.443 e. The maximum Gasteiger partial charge on any atom is 0.443 e. The maximum absolute atomic E-state index is 12.4.